The summed E-state index contributed by atoms with van der Waals surface area (Å²) in [6.07, 6.45) is 82.9. The number of rotatable bonds is 51. The zero-order valence-electron chi connectivity index (χ0n) is 46.4. The van der Waals surface area contributed by atoms with E-state index in [4.69, 9.17) is 14.2 Å². The van der Waals surface area contributed by atoms with Crippen LogP contribution in [0.4, 0.5) is 0 Å². The van der Waals surface area contributed by atoms with Crippen molar-refractivity contribution in [1.29, 1.82) is 0 Å². The van der Waals surface area contributed by atoms with Crippen molar-refractivity contribution < 1.29 is 28.6 Å². The van der Waals surface area contributed by atoms with E-state index in [1.807, 2.05) is 0 Å². The highest BCUT2D eigenvalue weighted by Gasteiger charge is 2.19. The molecule has 6 nitrogen and oxygen atoms in total. The Kier molecular flexibility index (Phi) is 55.5. The van der Waals surface area contributed by atoms with Crippen molar-refractivity contribution in [3.8, 4) is 0 Å². The predicted octanol–water partition coefficient (Wildman–Crippen LogP) is 19.8. The second-order valence-electron chi connectivity index (χ2n) is 18.8. The fourth-order valence-electron chi connectivity index (χ4n) is 7.55. The molecular weight excluding hydrogens is 889 g/mol. The highest BCUT2D eigenvalue weighted by Crippen LogP contribution is 2.13. The van der Waals surface area contributed by atoms with E-state index in [-0.39, 0.29) is 37.5 Å². The Morgan fingerprint density at radius 2 is 0.542 bits per heavy atom. The van der Waals surface area contributed by atoms with Gasteiger partial charge in [0.25, 0.3) is 0 Å². The topological polar surface area (TPSA) is 78.9 Å². The molecule has 0 heterocycles. The fourth-order valence-corrected chi connectivity index (χ4v) is 7.55. The van der Waals surface area contributed by atoms with Crippen molar-refractivity contribution in [1.82, 2.24) is 0 Å². The average Bonchev–Trinajstić information content (AvgIpc) is 3.38. The van der Waals surface area contributed by atoms with Gasteiger partial charge < -0.3 is 14.2 Å². The van der Waals surface area contributed by atoms with Crippen LogP contribution in [0.15, 0.2) is 134 Å². The SMILES string of the molecule is CC/C=C\C/C=C\C/C=C\C/C=C\C/C=C\CCCCCC(=O)OCC(COC(=O)CCCCCCC/C=C\CCCCCCCCC)OC(=O)CCCCC/C=C\C/C=C\C/C=C\C/C=C\C/C=C\CC. The van der Waals surface area contributed by atoms with Gasteiger partial charge in [-0.15, -0.1) is 0 Å². The highest BCUT2D eigenvalue weighted by atomic mass is 16.6. The third kappa shape index (κ3) is 56.5. The molecule has 1 unspecified atom stereocenters. The molecule has 0 N–H and O–H groups in total. The number of carbonyl (C=O) groups is 3. The first-order valence-electron chi connectivity index (χ1n) is 29.2. The van der Waals surface area contributed by atoms with E-state index in [9.17, 15) is 14.4 Å². The molecule has 0 aromatic carbocycles. The number of hydrogen-bond donors (Lipinski definition) is 0. The van der Waals surface area contributed by atoms with Crippen LogP contribution in [0, 0.1) is 0 Å². The summed E-state index contributed by atoms with van der Waals surface area (Å²) in [7, 11) is 0. The van der Waals surface area contributed by atoms with Gasteiger partial charge in [-0.1, -0.05) is 225 Å². The summed E-state index contributed by atoms with van der Waals surface area (Å²) < 4.78 is 16.8. The van der Waals surface area contributed by atoms with Crippen molar-refractivity contribution in [2.24, 2.45) is 0 Å². The third-order valence-corrected chi connectivity index (χ3v) is 11.9. The summed E-state index contributed by atoms with van der Waals surface area (Å²) in [6.45, 7) is 6.34. The van der Waals surface area contributed by atoms with E-state index in [1.165, 1.54) is 57.8 Å². The first-order chi connectivity index (χ1) is 35.5. The summed E-state index contributed by atoms with van der Waals surface area (Å²) in [4.78, 5) is 38.2. The lowest BCUT2D eigenvalue weighted by Crippen LogP contribution is -2.30. The van der Waals surface area contributed by atoms with Gasteiger partial charge in [0.15, 0.2) is 6.10 Å². The lowest BCUT2D eigenvalue weighted by Gasteiger charge is -2.18. The van der Waals surface area contributed by atoms with Gasteiger partial charge in [-0.3, -0.25) is 14.4 Å². The van der Waals surface area contributed by atoms with Crippen LogP contribution in [-0.2, 0) is 28.6 Å². The Bertz CT molecular complexity index is 1560. The van der Waals surface area contributed by atoms with Gasteiger partial charge in [0, 0.05) is 19.3 Å². The number of hydrogen-bond acceptors (Lipinski definition) is 6. The summed E-state index contributed by atoms with van der Waals surface area (Å²) in [5.41, 5.74) is 0. The Balaban J connectivity index is 4.55. The number of ether oxygens (including phenoxy) is 3. The summed E-state index contributed by atoms with van der Waals surface area (Å²) in [6, 6.07) is 0. The molecule has 0 aliphatic rings. The molecule has 0 aliphatic carbocycles. The fraction of sp³-hybridized carbons (Fsp3) is 0.621. The van der Waals surface area contributed by atoms with Crippen LogP contribution in [0.25, 0.3) is 0 Å². The minimum atomic E-state index is -0.819. The molecule has 1 atom stereocenters. The normalized spacial score (nSPS) is 13.1. The lowest BCUT2D eigenvalue weighted by molar-refractivity contribution is -0.167. The lowest BCUT2D eigenvalue weighted by atomic mass is 10.1. The minimum absolute atomic E-state index is 0.111. The van der Waals surface area contributed by atoms with E-state index in [0.29, 0.717) is 19.3 Å². The molecule has 406 valence electrons. The molecule has 0 rings (SSSR count). The number of unbranched alkanes of at least 4 members (excludes halogenated alkanes) is 18. The second kappa shape index (κ2) is 59.1. The summed E-state index contributed by atoms with van der Waals surface area (Å²) in [5.74, 6) is -0.987. The third-order valence-electron chi connectivity index (χ3n) is 11.9. The first kappa shape index (κ1) is 67.5. The van der Waals surface area contributed by atoms with Crippen molar-refractivity contribution in [3.05, 3.63) is 134 Å². The van der Waals surface area contributed by atoms with Gasteiger partial charge in [0.2, 0.25) is 0 Å². The standard InChI is InChI=1S/C66H106O6/c1-4-7-10-13-16-19-22-25-28-31-33-35-38-41-44-47-50-53-56-59-65(68)71-62-63(61-70-64(67)58-55-52-49-46-43-40-37-30-27-24-21-18-15-12-9-6-3)72-66(69)60-57-54-51-48-45-42-39-36-34-32-29-26-23-20-17-14-11-8-5-2/h7-8,10-11,16-17,19-20,25-26,28-30,33-37,41-42,44-45,63H,4-6,9,12-15,18,21-24,27,31-32,38-40,43,46-62H2,1-3H3/b10-7-,11-8-,19-16-,20-17-,28-25-,29-26-,35-33-,36-34-,37-30-,44-41-,45-42-. The Hall–Kier alpha value is -4.45. The van der Waals surface area contributed by atoms with Crippen LogP contribution in [0.3, 0.4) is 0 Å². The smallest absolute Gasteiger partial charge is 0.306 e. The van der Waals surface area contributed by atoms with Crippen LogP contribution in [0.2, 0.25) is 0 Å². The predicted molar refractivity (Wildman–Crippen MR) is 311 cm³/mol. The molecule has 0 aromatic rings. The molecule has 0 saturated heterocycles. The zero-order chi connectivity index (χ0) is 52.2. The van der Waals surface area contributed by atoms with Crippen LogP contribution in [0.1, 0.15) is 245 Å². The highest BCUT2D eigenvalue weighted by molar-refractivity contribution is 5.71. The van der Waals surface area contributed by atoms with Gasteiger partial charge in [-0.25, -0.2) is 0 Å². The maximum atomic E-state index is 12.9. The number of allylic oxidation sites excluding steroid dienone is 22. The van der Waals surface area contributed by atoms with Crippen molar-refractivity contribution in [3.63, 3.8) is 0 Å². The second-order valence-corrected chi connectivity index (χ2v) is 18.8. The van der Waals surface area contributed by atoms with Crippen molar-refractivity contribution in [2.45, 2.75) is 252 Å². The van der Waals surface area contributed by atoms with Crippen LogP contribution < -0.4 is 0 Å². The first-order valence-corrected chi connectivity index (χ1v) is 29.2. The van der Waals surface area contributed by atoms with Crippen LogP contribution in [0.5, 0.6) is 0 Å². The zero-order valence-corrected chi connectivity index (χ0v) is 46.4. The molecule has 72 heavy (non-hydrogen) atoms. The molecule has 0 bridgehead atoms. The van der Waals surface area contributed by atoms with Crippen LogP contribution in [-0.4, -0.2) is 37.2 Å². The molecule has 0 aliphatic heterocycles. The average molecular weight is 996 g/mol. The van der Waals surface area contributed by atoms with Gasteiger partial charge in [0.05, 0.1) is 0 Å². The van der Waals surface area contributed by atoms with E-state index in [2.05, 4.69) is 154 Å². The molecular formula is C66H106O6. The number of carbonyl (C=O) groups excluding carboxylic acids is 3. The van der Waals surface area contributed by atoms with Gasteiger partial charge in [-0.05, 0) is 135 Å². The van der Waals surface area contributed by atoms with Crippen molar-refractivity contribution >= 4 is 17.9 Å². The quantitative estimate of drug-likeness (QED) is 0.0261. The van der Waals surface area contributed by atoms with E-state index < -0.39 is 6.10 Å². The van der Waals surface area contributed by atoms with E-state index in [1.54, 1.807) is 0 Å². The number of esters is 3. The van der Waals surface area contributed by atoms with Crippen LogP contribution >= 0.6 is 0 Å². The maximum absolute atomic E-state index is 12.9. The molecule has 0 spiro atoms. The molecule has 0 aromatic heterocycles. The maximum Gasteiger partial charge on any atom is 0.306 e. The molecule has 0 saturated carbocycles. The monoisotopic (exact) mass is 995 g/mol. The Morgan fingerprint density at radius 1 is 0.292 bits per heavy atom. The van der Waals surface area contributed by atoms with Gasteiger partial charge in [0.1, 0.15) is 13.2 Å². The minimum Gasteiger partial charge on any atom is -0.462 e. The van der Waals surface area contributed by atoms with Gasteiger partial charge in [-0.2, -0.15) is 0 Å². The Labute approximate surface area is 443 Å². The Morgan fingerprint density at radius 3 is 0.875 bits per heavy atom. The summed E-state index contributed by atoms with van der Waals surface area (Å²) >= 11 is 0. The molecule has 0 amide bonds. The molecule has 6 heteroatoms. The van der Waals surface area contributed by atoms with Gasteiger partial charge >= 0.3 is 17.9 Å². The molecule has 0 radical (unpaired) electrons. The van der Waals surface area contributed by atoms with E-state index in [0.717, 1.165) is 141 Å². The van der Waals surface area contributed by atoms with Crippen molar-refractivity contribution in [2.75, 3.05) is 13.2 Å². The molecule has 0 fully saturated rings. The largest absolute Gasteiger partial charge is 0.462 e. The van der Waals surface area contributed by atoms with E-state index >= 15 is 0 Å². The summed E-state index contributed by atoms with van der Waals surface area (Å²) in [5, 5.41) is 0.